The van der Waals surface area contributed by atoms with Crippen LogP contribution in [-0.4, -0.2) is 67.0 Å². The number of hydrogen-bond donors (Lipinski definition) is 0. The normalized spacial score (nSPS) is 11.2. The molecule has 8 nitrogen and oxygen atoms in total. The smallest absolute Gasteiger partial charge is 0.280 e. The Hall–Kier alpha value is -2.36. The van der Waals surface area contributed by atoms with Crippen molar-refractivity contribution >= 4 is 45.0 Å². The van der Waals surface area contributed by atoms with Gasteiger partial charge in [-0.25, -0.2) is 4.98 Å². The van der Waals surface area contributed by atoms with E-state index in [2.05, 4.69) is 23.8 Å². The molecule has 3 aromatic rings. The van der Waals surface area contributed by atoms with Crippen LogP contribution in [0.15, 0.2) is 18.2 Å². The summed E-state index contributed by atoms with van der Waals surface area (Å²) in [5, 5.41) is 5.17. The van der Waals surface area contributed by atoms with Gasteiger partial charge in [-0.1, -0.05) is 11.3 Å². The maximum Gasteiger partial charge on any atom is 0.280 e. The zero-order valence-electron chi connectivity index (χ0n) is 19.7. The second-order valence-corrected chi connectivity index (χ2v) is 8.94. The summed E-state index contributed by atoms with van der Waals surface area (Å²) in [4.78, 5) is 22.1. The minimum Gasteiger partial charge on any atom is -0.495 e. The summed E-state index contributed by atoms with van der Waals surface area (Å²) in [6.45, 7) is 7.47. The van der Waals surface area contributed by atoms with Crippen molar-refractivity contribution in [3.05, 3.63) is 29.6 Å². The largest absolute Gasteiger partial charge is 0.495 e. The van der Waals surface area contributed by atoms with Gasteiger partial charge in [-0.2, -0.15) is 5.10 Å². The predicted molar refractivity (Wildman–Crippen MR) is 132 cm³/mol. The van der Waals surface area contributed by atoms with Crippen LogP contribution in [0.5, 0.6) is 11.5 Å². The maximum atomic E-state index is 13.5. The zero-order chi connectivity index (χ0) is 22.7. The van der Waals surface area contributed by atoms with Crippen molar-refractivity contribution in [2.75, 3.05) is 46.3 Å². The van der Waals surface area contributed by atoms with E-state index >= 15 is 0 Å². The van der Waals surface area contributed by atoms with Crippen LogP contribution in [0.3, 0.4) is 0 Å². The number of halogens is 1. The number of thiazole rings is 1. The average Bonchev–Trinajstić information content (AvgIpc) is 3.34. The lowest BCUT2D eigenvalue weighted by Gasteiger charge is -2.20. The molecule has 0 radical (unpaired) electrons. The van der Waals surface area contributed by atoms with Crippen LogP contribution >= 0.6 is 23.7 Å². The minimum atomic E-state index is -0.154. The third-order valence-corrected chi connectivity index (χ3v) is 6.09. The lowest BCUT2D eigenvalue weighted by atomic mass is 10.3. The molecule has 0 atom stereocenters. The molecular formula is C22H32ClN5O3S. The first-order valence-electron chi connectivity index (χ1n) is 10.3. The highest BCUT2D eigenvalue weighted by atomic mass is 35.5. The fourth-order valence-corrected chi connectivity index (χ4v) is 4.57. The molecule has 0 spiro atoms. The summed E-state index contributed by atoms with van der Waals surface area (Å²) >= 11 is 1.43. The first-order valence-corrected chi connectivity index (χ1v) is 11.1. The second kappa shape index (κ2) is 11.0. The fourth-order valence-electron chi connectivity index (χ4n) is 3.47. The molecule has 0 bridgehead atoms. The fraction of sp³-hybridized carbons (Fsp3) is 0.500. The van der Waals surface area contributed by atoms with Crippen LogP contribution < -0.4 is 14.4 Å². The highest BCUT2D eigenvalue weighted by molar-refractivity contribution is 7.22. The average molecular weight is 482 g/mol. The van der Waals surface area contributed by atoms with Gasteiger partial charge in [0.2, 0.25) is 0 Å². The summed E-state index contributed by atoms with van der Waals surface area (Å²) in [6, 6.07) is 5.71. The molecule has 0 unspecified atom stereocenters. The number of carbonyl (C=O) groups is 1. The Kier molecular flexibility index (Phi) is 8.89. The molecule has 3 rings (SSSR count). The van der Waals surface area contributed by atoms with Crippen LogP contribution in [-0.2, 0) is 0 Å². The molecule has 1 aromatic carbocycles. The molecule has 32 heavy (non-hydrogen) atoms. The van der Waals surface area contributed by atoms with Gasteiger partial charge in [0.1, 0.15) is 21.7 Å². The van der Waals surface area contributed by atoms with Crippen molar-refractivity contribution < 1.29 is 14.3 Å². The van der Waals surface area contributed by atoms with Crippen LogP contribution in [0, 0.1) is 6.92 Å². The van der Waals surface area contributed by atoms with Gasteiger partial charge in [-0.15, -0.1) is 12.4 Å². The molecule has 0 fully saturated rings. The van der Waals surface area contributed by atoms with E-state index in [1.54, 1.807) is 19.1 Å². The van der Waals surface area contributed by atoms with E-state index < -0.39 is 0 Å². The Bertz CT molecular complexity index is 1020. The number of amides is 1. The van der Waals surface area contributed by atoms with Crippen LogP contribution in [0.2, 0.25) is 0 Å². The minimum absolute atomic E-state index is 0. The van der Waals surface area contributed by atoms with Crippen molar-refractivity contribution in [1.29, 1.82) is 0 Å². The van der Waals surface area contributed by atoms with Crippen molar-refractivity contribution in [1.82, 2.24) is 19.7 Å². The van der Waals surface area contributed by atoms with Gasteiger partial charge >= 0.3 is 0 Å². The quantitative estimate of drug-likeness (QED) is 0.450. The van der Waals surface area contributed by atoms with Gasteiger partial charge in [0.15, 0.2) is 10.8 Å². The van der Waals surface area contributed by atoms with Crippen molar-refractivity contribution in [2.24, 2.45) is 0 Å². The number of rotatable bonds is 9. The topological polar surface area (TPSA) is 72.7 Å². The lowest BCUT2D eigenvalue weighted by Crippen LogP contribution is -2.33. The number of aryl methyl sites for hydroxylation is 1. The maximum absolute atomic E-state index is 13.5. The SMILES string of the molecule is COc1ccc(OC)c2sc(N(CCCN(C)C)C(=O)c3cc(C)n(C(C)C)n3)nc12.Cl. The number of anilines is 1. The Morgan fingerprint density at radius 1 is 1.16 bits per heavy atom. The van der Waals surface area contributed by atoms with Gasteiger partial charge in [0, 0.05) is 18.3 Å². The van der Waals surface area contributed by atoms with Crippen LogP contribution in [0.4, 0.5) is 5.13 Å². The molecular weight excluding hydrogens is 450 g/mol. The zero-order valence-corrected chi connectivity index (χ0v) is 21.3. The van der Waals surface area contributed by atoms with Gasteiger partial charge in [-0.05, 0) is 66.0 Å². The van der Waals surface area contributed by atoms with E-state index in [1.807, 2.05) is 43.9 Å². The van der Waals surface area contributed by atoms with E-state index in [-0.39, 0.29) is 24.4 Å². The number of methoxy groups -OCH3 is 2. The molecule has 10 heteroatoms. The molecule has 0 aliphatic heterocycles. The molecule has 1 amide bonds. The van der Waals surface area contributed by atoms with Gasteiger partial charge in [0.25, 0.3) is 5.91 Å². The Balaban J connectivity index is 0.00000363. The number of carbonyl (C=O) groups excluding carboxylic acids is 1. The van der Waals surface area contributed by atoms with E-state index in [0.717, 1.165) is 23.4 Å². The lowest BCUT2D eigenvalue weighted by molar-refractivity contribution is 0.0980. The number of aromatic nitrogens is 3. The highest BCUT2D eigenvalue weighted by Crippen LogP contribution is 2.40. The highest BCUT2D eigenvalue weighted by Gasteiger charge is 2.26. The third-order valence-electron chi connectivity index (χ3n) is 4.99. The predicted octanol–water partition coefficient (Wildman–Crippen LogP) is 4.42. The monoisotopic (exact) mass is 481 g/mol. The molecule has 2 aromatic heterocycles. The number of ether oxygens (including phenoxy) is 2. The molecule has 0 aliphatic carbocycles. The standard InChI is InChI=1S/C22H31N5O3S.ClH/c1-14(2)27-15(3)13-16(24-27)21(28)26(12-8-11-25(4)5)22-23-19-17(29-6)9-10-18(30-7)20(19)31-22;/h9-10,13-14H,8,11-12H2,1-7H3;1H. The number of nitrogens with zero attached hydrogens (tertiary/aromatic N) is 5. The van der Waals surface area contributed by atoms with E-state index in [9.17, 15) is 4.79 Å². The van der Waals surface area contributed by atoms with E-state index in [0.29, 0.717) is 34.4 Å². The Labute approximate surface area is 199 Å². The third kappa shape index (κ3) is 5.33. The van der Waals surface area contributed by atoms with Crippen molar-refractivity contribution in [3.63, 3.8) is 0 Å². The van der Waals surface area contributed by atoms with Gasteiger partial charge in [-0.3, -0.25) is 14.4 Å². The first kappa shape index (κ1) is 25.9. The summed E-state index contributed by atoms with van der Waals surface area (Å²) in [6.07, 6.45) is 0.812. The number of benzene rings is 1. The second-order valence-electron chi connectivity index (χ2n) is 7.97. The molecule has 0 N–H and O–H groups in total. The van der Waals surface area contributed by atoms with Gasteiger partial charge < -0.3 is 14.4 Å². The number of hydrogen-bond acceptors (Lipinski definition) is 7. The summed E-state index contributed by atoms with van der Waals surface area (Å²) < 4.78 is 13.7. The molecule has 0 aliphatic rings. The Morgan fingerprint density at radius 3 is 2.38 bits per heavy atom. The van der Waals surface area contributed by atoms with Crippen LogP contribution in [0.1, 0.15) is 42.5 Å². The molecule has 0 saturated carbocycles. The van der Waals surface area contributed by atoms with Crippen molar-refractivity contribution in [3.8, 4) is 11.5 Å². The molecule has 0 saturated heterocycles. The molecule has 2 heterocycles. The number of fused-ring (bicyclic) bond motifs is 1. The summed E-state index contributed by atoms with van der Waals surface area (Å²) in [5.74, 6) is 1.21. The van der Waals surface area contributed by atoms with E-state index in [4.69, 9.17) is 14.5 Å². The van der Waals surface area contributed by atoms with Crippen LogP contribution in [0.25, 0.3) is 10.2 Å². The van der Waals surface area contributed by atoms with Gasteiger partial charge in [0.05, 0.1) is 14.2 Å². The molecule has 176 valence electrons. The Morgan fingerprint density at radius 2 is 1.81 bits per heavy atom. The van der Waals surface area contributed by atoms with E-state index in [1.165, 1.54) is 11.3 Å². The summed E-state index contributed by atoms with van der Waals surface area (Å²) in [7, 11) is 7.28. The summed E-state index contributed by atoms with van der Waals surface area (Å²) in [5.41, 5.74) is 2.07. The first-order chi connectivity index (χ1) is 14.8. The van der Waals surface area contributed by atoms with Crippen molar-refractivity contribution in [2.45, 2.75) is 33.2 Å².